The third kappa shape index (κ3) is 2.60. The summed E-state index contributed by atoms with van der Waals surface area (Å²) < 4.78 is 0.623. The van der Waals surface area contributed by atoms with Gasteiger partial charge in [-0.15, -0.1) is 0 Å². The molecule has 0 spiro atoms. The molecule has 0 radical (unpaired) electrons. The standard InChI is InChI=1S/C14H18BrN3O2/c15-14-11(3-1-5-12(14)18(19)20)9-17-6-2-4-10-7-16-8-13(10)17/h1,3,5,10,13,16H,2,4,6-9H2. The summed E-state index contributed by atoms with van der Waals surface area (Å²) in [6.07, 6.45) is 2.51. The van der Waals surface area contributed by atoms with Gasteiger partial charge in [-0.05, 0) is 53.3 Å². The zero-order valence-electron chi connectivity index (χ0n) is 11.2. The minimum absolute atomic E-state index is 0.153. The van der Waals surface area contributed by atoms with E-state index in [1.165, 1.54) is 12.8 Å². The number of rotatable bonds is 3. The zero-order valence-corrected chi connectivity index (χ0v) is 12.8. The SMILES string of the molecule is O=[N+]([O-])c1cccc(CN2CCCC3CNCC32)c1Br. The number of fused-ring (bicyclic) bond motifs is 1. The molecule has 0 saturated carbocycles. The summed E-state index contributed by atoms with van der Waals surface area (Å²) in [6, 6.07) is 5.87. The molecule has 6 heteroatoms. The largest absolute Gasteiger partial charge is 0.315 e. The molecule has 2 aliphatic heterocycles. The van der Waals surface area contributed by atoms with Gasteiger partial charge in [-0.2, -0.15) is 0 Å². The molecule has 2 atom stereocenters. The molecule has 2 unspecified atom stereocenters. The zero-order chi connectivity index (χ0) is 14.1. The van der Waals surface area contributed by atoms with Crippen molar-refractivity contribution in [1.29, 1.82) is 0 Å². The Hall–Kier alpha value is -0.980. The average molecular weight is 340 g/mol. The molecule has 1 aromatic carbocycles. The van der Waals surface area contributed by atoms with Gasteiger partial charge in [0.25, 0.3) is 5.69 Å². The summed E-state index contributed by atoms with van der Waals surface area (Å²) >= 11 is 3.40. The first-order chi connectivity index (χ1) is 9.66. The Balaban J connectivity index is 1.80. The van der Waals surface area contributed by atoms with Crippen molar-refractivity contribution >= 4 is 21.6 Å². The van der Waals surface area contributed by atoms with Crippen LogP contribution in [0, 0.1) is 16.0 Å². The fourth-order valence-electron chi connectivity index (χ4n) is 3.41. The van der Waals surface area contributed by atoms with Crippen molar-refractivity contribution in [2.24, 2.45) is 5.92 Å². The molecule has 0 bridgehead atoms. The van der Waals surface area contributed by atoms with Crippen LogP contribution in [0.5, 0.6) is 0 Å². The van der Waals surface area contributed by atoms with E-state index in [9.17, 15) is 10.1 Å². The van der Waals surface area contributed by atoms with Crippen LogP contribution in [0.2, 0.25) is 0 Å². The first-order valence-electron chi connectivity index (χ1n) is 7.03. The van der Waals surface area contributed by atoms with Gasteiger partial charge in [0.05, 0.1) is 9.40 Å². The van der Waals surface area contributed by atoms with Crippen LogP contribution < -0.4 is 5.32 Å². The highest BCUT2D eigenvalue weighted by atomic mass is 79.9. The van der Waals surface area contributed by atoms with Crippen LogP contribution >= 0.6 is 15.9 Å². The van der Waals surface area contributed by atoms with Gasteiger partial charge in [-0.3, -0.25) is 15.0 Å². The fraction of sp³-hybridized carbons (Fsp3) is 0.571. The number of nitro benzene ring substituents is 1. The summed E-state index contributed by atoms with van der Waals surface area (Å²) in [6.45, 7) is 4.01. The Bertz CT molecular complexity index is 523. The predicted octanol–water partition coefficient (Wildman–Crippen LogP) is 2.54. The van der Waals surface area contributed by atoms with Gasteiger partial charge in [-0.25, -0.2) is 0 Å². The Kier molecular flexibility index (Phi) is 4.05. The second-order valence-corrected chi connectivity index (χ2v) is 6.40. The molecule has 2 saturated heterocycles. The van der Waals surface area contributed by atoms with Crippen LogP contribution in [0.25, 0.3) is 0 Å². The number of piperidine rings is 1. The Morgan fingerprint density at radius 2 is 2.30 bits per heavy atom. The first-order valence-corrected chi connectivity index (χ1v) is 7.82. The molecule has 2 heterocycles. The summed E-state index contributed by atoms with van der Waals surface area (Å²) in [7, 11) is 0. The highest BCUT2D eigenvalue weighted by Crippen LogP contribution is 2.32. The summed E-state index contributed by atoms with van der Waals surface area (Å²) in [5.41, 5.74) is 1.16. The third-order valence-electron chi connectivity index (χ3n) is 4.42. The molecule has 2 aliphatic rings. The highest BCUT2D eigenvalue weighted by Gasteiger charge is 2.35. The van der Waals surface area contributed by atoms with Crippen molar-refractivity contribution in [3.63, 3.8) is 0 Å². The van der Waals surface area contributed by atoms with E-state index >= 15 is 0 Å². The molecule has 1 N–H and O–H groups in total. The van der Waals surface area contributed by atoms with Crippen LogP contribution in [0.15, 0.2) is 22.7 Å². The van der Waals surface area contributed by atoms with Gasteiger partial charge in [-0.1, -0.05) is 12.1 Å². The second kappa shape index (κ2) is 5.79. The lowest BCUT2D eigenvalue weighted by atomic mass is 9.91. The number of hydrogen-bond acceptors (Lipinski definition) is 4. The van der Waals surface area contributed by atoms with Crippen LogP contribution in [0.4, 0.5) is 5.69 Å². The molecule has 20 heavy (non-hydrogen) atoms. The Morgan fingerprint density at radius 3 is 3.10 bits per heavy atom. The van der Waals surface area contributed by atoms with E-state index < -0.39 is 0 Å². The topological polar surface area (TPSA) is 58.4 Å². The number of likely N-dealkylation sites (tertiary alicyclic amines) is 1. The third-order valence-corrected chi connectivity index (χ3v) is 5.34. The molecule has 5 nitrogen and oxygen atoms in total. The van der Waals surface area contributed by atoms with E-state index in [0.29, 0.717) is 10.5 Å². The number of nitrogens with one attached hydrogen (secondary N) is 1. The van der Waals surface area contributed by atoms with E-state index in [1.807, 2.05) is 6.07 Å². The number of halogens is 1. The van der Waals surface area contributed by atoms with Crippen molar-refractivity contribution in [2.45, 2.75) is 25.4 Å². The van der Waals surface area contributed by atoms with E-state index in [1.54, 1.807) is 12.1 Å². The lowest BCUT2D eigenvalue weighted by Gasteiger charge is -2.37. The second-order valence-electron chi connectivity index (χ2n) is 5.61. The molecular formula is C14H18BrN3O2. The van der Waals surface area contributed by atoms with Crippen molar-refractivity contribution in [1.82, 2.24) is 10.2 Å². The van der Waals surface area contributed by atoms with Crippen LogP contribution in [0.3, 0.4) is 0 Å². The van der Waals surface area contributed by atoms with Gasteiger partial charge in [0, 0.05) is 25.2 Å². The number of nitrogens with zero attached hydrogens (tertiary/aromatic N) is 2. The molecule has 108 valence electrons. The molecule has 0 aromatic heterocycles. The molecule has 2 fully saturated rings. The minimum Gasteiger partial charge on any atom is -0.315 e. The van der Waals surface area contributed by atoms with Gasteiger partial charge >= 0.3 is 0 Å². The van der Waals surface area contributed by atoms with Crippen molar-refractivity contribution < 1.29 is 4.92 Å². The number of hydrogen-bond donors (Lipinski definition) is 1. The van der Waals surface area contributed by atoms with Gasteiger partial charge in [0.15, 0.2) is 0 Å². The molecule has 0 amide bonds. The van der Waals surface area contributed by atoms with E-state index in [4.69, 9.17) is 0 Å². The Labute approximate surface area is 126 Å². The molecule has 0 aliphatic carbocycles. The smallest absolute Gasteiger partial charge is 0.283 e. The quantitative estimate of drug-likeness (QED) is 0.679. The lowest BCUT2D eigenvalue weighted by Crippen LogP contribution is -2.44. The molecular weight excluding hydrogens is 322 g/mol. The molecule has 3 rings (SSSR count). The van der Waals surface area contributed by atoms with Gasteiger partial charge < -0.3 is 5.32 Å². The monoisotopic (exact) mass is 339 g/mol. The summed E-state index contributed by atoms with van der Waals surface area (Å²) in [5, 5.41) is 14.5. The van der Waals surface area contributed by atoms with Crippen molar-refractivity contribution in [3.8, 4) is 0 Å². The van der Waals surface area contributed by atoms with Gasteiger partial charge in [0.1, 0.15) is 0 Å². The normalized spacial score (nSPS) is 26.4. The maximum atomic E-state index is 11.0. The highest BCUT2D eigenvalue weighted by molar-refractivity contribution is 9.10. The van der Waals surface area contributed by atoms with Gasteiger partial charge in [0.2, 0.25) is 0 Å². The van der Waals surface area contributed by atoms with Crippen LogP contribution in [0.1, 0.15) is 18.4 Å². The molecule has 1 aromatic rings. The maximum absolute atomic E-state index is 11.0. The van der Waals surface area contributed by atoms with Crippen LogP contribution in [-0.2, 0) is 6.54 Å². The van der Waals surface area contributed by atoms with E-state index in [-0.39, 0.29) is 10.6 Å². The Morgan fingerprint density at radius 1 is 1.45 bits per heavy atom. The van der Waals surface area contributed by atoms with Crippen molar-refractivity contribution in [3.05, 3.63) is 38.3 Å². The number of benzene rings is 1. The maximum Gasteiger partial charge on any atom is 0.283 e. The minimum atomic E-state index is -0.330. The first kappa shape index (κ1) is 14.0. The fourth-order valence-corrected chi connectivity index (χ4v) is 3.94. The summed E-state index contributed by atoms with van der Waals surface area (Å²) in [4.78, 5) is 13.1. The van der Waals surface area contributed by atoms with E-state index in [2.05, 4.69) is 26.1 Å². The van der Waals surface area contributed by atoms with E-state index in [0.717, 1.165) is 37.7 Å². The summed E-state index contributed by atoms with van der Waals surface area (Å²) in [5.74, 6) is 0.737. The lowest BCUT2D eigenvalue weighted by molar-refractivity contribution is -0.385. The van der Waals surface area contributed by atoms with Crippen LogP contribution in [-0.4, -0.2) is 35.5 Å². The average Bonchev–Trinajstić information content (AvgIpc) is 2.90. The number of nitro groups is 1. The van der Waals surface area contributed by atoms with Crippen molar-refractivity contribution in [2.75, 3.05) is 19.6 Å². The predicted molar refractivity (Wildman–Crippen MR) is 80.6 cm³/mol.